The zero-order chi connectivity index (χ0) is 12.7. The molecule has 2 N–H and O–H groups in total. The fourth-order valence-electron chi connectivity index (χ4n) is 2.75. The number of carbonyl (C=O) groups excluding carboxylic acids is 1. The Morgan fingerprint density at radius 3 is 2.94 bits per heavy atom. The zero-order valence-electron chi connectivity index (χ0n) is 9.77. The summed E-state index contributed by atoms with van der Waals surface area (Å²) in [5.74, 6) is -0.00317. The van der Waals surface area contributed by atoms with Gasteiger partial charge in [-0.05, 0) is 31.0 Å². The molecule has 18 heavy (non-hydrogen) atoms. The summed E-state index contributed by atoms with van der Waals surface area (Å²) in [7, 11) is 0. The molecule has 6 heteroatoms. The van der Waals surface area contributed by atoms with Gasteiger partial charge in [0.1, 0.15) is 10.7 Å². The van der Waals surface area contributed by atoms with E-state index in [9.17, 15) is 9.90 Å². The molecule has 0 radical (unpaired) electrons. The zero-order valence-corrected chi connectivity index (χ0v) is 10.5. The van der Waals surface area contributed by atoms with E-state index in [1.54, 1.807) is 0 Å². The molecule has 0 saturated carbocycles. The van der Waals surface area contributed by atoms with Crippen molar-refractivity contribution in [2.24, 2.45) is 5.92 Å². The van der Waals surface area contributed by atoms with E-state index in [1.165, 1.54) is 12.1 Å². The molecule has 3 heterocycles. The highest BCUT2D eigenvalue weighted by molar-refractivity contribution is 6.31. The number of carbonyl (C=O) groups is 1. The summed E-state index contributed by atoms with van der Waals surface area (Å²) in [5.41, 5.74) is 0.203. The molecule has 2 unspecified atom stereocenters. The quantitative estimate of drug-likeness (QED) is 0.835. The van der Waals surface area contributed by atoms with Gasteiger partial charge in [0.15, 0.2) is 0 Å². The maximum atomic E-state index is 12.0. The Hall–Kier alpha value is -1.33. The molecule has 3 atom stereocenters. The first-order valence-corrected chi connectivity index (χ1v) is 6.40. The largest absolute Gasteiger partial charge is 0.492 e. The second kappa shape index (κ2) is 4.40. The van der Waals surface area contributed by atoms with Crippen LogP contribution in [0.25, 0.3) is 0 Å². The van der Waals surface area contributed by atoms with E-state index >= 15 is 0 Å². The molecule has 2 fully saturated rings. The summed E-state index contributed by atoms with van der Waals surface area (Å²) in [5, 5.41) is 12.5. The number of nitrogens with zero attached hydrogens (tertiary/aromatic N) is 2. The van der Waals surface area contributed by atoms with Crippen molar-refractivity contribution in [3.05, 3.63) is 22.8 Å². The highest BCUT2D eigenvalue weighted by atomic mass is 35.5. The van der Waals surface area contributed by atoms with Gasteiger partial charge in [-0.2, -0.15) is 0 Å². The lowest BCUT2D eigenvalue weighted by Gasteiger charge is -2.22. The molecule has 1 amide bonds. The molecule has 1 aromatic rings. The molecule has 0 aliphatic carbocycles. The topological polar surface area (TPSA) is 65.5 Å². The summed E-state index contributed by atoms with van der Waals surface area (Å²) in [6.07, 6.45) is 1.14. The Morgan fingerprint density at radius 2 is 2.33 bits per heavy atom. The summed E-state index contributed by atoms with van der Waals surface area (Å²) < 4.78 is 0. The van der Waals surface area contributed by atoms with Crippen LogP contribution >= 0.6 is 11.6 Å². The van der Waals surface area contributed by atoms with E-state index in [2.05, 4.69) is 15.2 Å². The van der Waals surface area contributed by atoms with Crippen LogP contribution in [-0.2, 0) is 0 Å². The van der Waals surface area contributed by atoms with Gasteiger partial charge in [-0.15, -0.1) is 0 Å². The molecular weight excluding hydrogens is 254 g/mol. The van der Waals surface area contributed by atoms with Crippen LogP contribution < -0.4 is 5.32 Å². The van der Waals surface area contributed by atoms with Crippen molar-refractivity contribution in [2.45, 2.75) is 12.5 Å². The molecule has 0 aromatic carbocycles. The normalized spacial score (nSPS) is 29.5. The SMILES string of the molecule is O=C(NC1CN2CC[C@H]1C2)c1ccc(Cl)c(O)n1. The van der Waals surface area contributed by atoms with Crippen LogP contribution in [0.1, 0.15) is 16.9 Å². The summed E-state index contributed by atoms with van der Waals surface area (Å²) >= 11 is 5.66. The van der Waals surface area contributed by atoms with Crippen molar-refractivity contribution in [1.82, 2.24) is 15.2 Å². The Labute approximate surface area is 110 Å². The van der Waals surface area contributed by atoms with Gasteiger partial charge in [0, 0.05) is 19.1 Å². The number of piperidine rings is 1. The maximum absolute atomic E-state index is 12.0. The van der Waals surface area contributed by atoms with Crippen molar-refractivity contribution in [3.63, 3.8) is 0 Å². The van der Waals surface area contributed by atoms with Crippen LogP contribution in [0.15, 0.2) is 12.1 Å². The third-order valence-corrected chi connectivity index (χ3v) is 4.00. The molecule has 1 aromatic heterocycles. The van der Waals surface area contributed by atoms with Crippen molar-refractivity contribution < 1.29 is 9.90 Å². The highest BCUT2D eigenvalue weighted by Gasteiger charge is 2.38. The molecule has 0 spiro atoms. The Bertz CT molecular complexity index is 494. The number of nitrogens with one attached hydrogen (secondary N) is 1. The first-order chi connectivity index (χ1) is 8.63. The molecule has 2 aliphatic rings. The minimum absolute atomic E-state index is 0.151. The molecule has 2 saturated heterocycles. The number of rotatable bonds is 2. The van der Waals surface area contributed by atoms with Crippen molar-refractivity contribution in [2.75, 3.05) is 19.6 Å². The standard InChI is InChI=1S/C12H14ClN3O2/c13-8-1-2-9(14-11(8)17)12(18)15-10-6-16-4-3-7(10)5-16/h1-2,7,10H,3-6H2,(H,14,17)(H,15,18)/t7-,10?/m0/s1. The predicted molar refractivity (Wildman–Crippen MR) is 66.7 cm³/mol. The number of pyridine rings is 1. The number of aromatic hydroxyl groups is 1. The monoisotopic (exact) mass is 267 g/mol. The van der Waals surface area contributed by atoms with Crippen LogP contribution in [0.3, 0.4) is 0 Å². The van der Waals surface area contributed by atoms with Gasteiger partial charge in [-0.25, -0.2) is 4.98 Å². The van der Waals surface area contributed by atoms with Crippen LogP contribution in [-0.4, -0.2) is 46.6 Å². The predicted octanol–water partition coefficient (Wildman–Crippen LogP) is 0.874. The van der Waals surface area contributed by atoms with E-state index in [4.69, 9.17) is 11.6 Å². The lowest BCUT2D eigenvalue weighted by atomic mass is 10.00. The minimum atomic E-state index is -0.305. The average Bonchev–Trinajstić information content (AvgIpc) is 2.94. The molecule has 96 valence electrons. The number of hydrogen-bond acceptors (Lipinski definition) is 4. The van der Waals surface area contributed by atoms with E-state index in [0.29, 0.717) is 5.92 Å². The molecular formula is C12H14ClN3O2. The lowest BCUT2D eigenvalue weighted by molar-refractivity contribution is 0.0918. The number of amides is 1. The number of halogens is 1. The second-order valence-electron chi connectivity index (χ2n) is 4.89. The number of hydrogen-bond donors (Lipinski definition) is 2. The third-order valence-electron chi connectivity index (χ3n) is 3.71. The van der Waals surface area contributed by atoms with E-state index < -0.39 is 0 Å². The van der Waals surface area contributed by atoms with E-state index in [-0.39, 0.29) is 28.5 Å². The first kappa shape index (κ1) is 11.7. The van der Waals surface area contributed by atoms with Gasteiger partial charge < -0.3 is 15.3 Å². The van der Waals surface area contributed by atoms with Gasteiger partial charge in [0.05, 0.1) is 0 Å². The Kier molecular flexibility index (Phi) is 2.87. The first-order valence-electron chi connectivity index (χ1n) is 6.02. The summed E-state index contributed by atoms with van der Waals surface area (Å²) in [6.45, 7) is 3.12. The Balaban J connectivity index is 1.69. The molecule has 2 bridgehead atoms. The number of aromatic nitrogens is 1. The van der Waals surface area contributed by atoms with Crippen molar-refractivity contribution in [3.8, 4) is 5.88 Å². The van der Waals surface area contributed by atoms with Gasteiger partial charge in [0.2, 0.25) is 5.88 Å². The number of fused-ring (bicyclic) bond motifs is 2. The van der Waals surface area contributed by atoms with E-state index in [1.807, 2.05) is 0 Å². The lowest BCUT2D eigenvalue weighted by Crippen LogP contribution is -2.43. The van der Waals surface area contributed by atoms with Gasteiger partial charge in [0.25, 0.3) is 5.91 Å². The maximum Gasteiger partial charge on any atom is 0.270 e. The van der Waals surface area contributed by atoms with Crippen molar-refractivity contribution >= 4 is 17.5 Å². The van der Waals surface area contributed by atoms with Crippen LogP contribution in [0.4, 0.5) is 0 Å². The molecule has 2 aliphatic heterocycles. The fourth-order valence-corrected chi connectivity index (χ4v) is 2.85. The van der Waals surface area contributed by atoms with Gasteiger partial charge >= 0.3 is 0 Å². The van der Waals surface area contributed by atoms with Crippen LogP contribution in [0.5, 0.6) is 5.88 Å². The van der Waals surface area contributed by atoms with E-state index in [0.717, 1.165) is 26.1 Å². The smallest absolute Gasteiger partial charge is 0.270 e. The molecule has 5 nitrogen and oxygen atoms in total. The fraction of sp³-hybridized carbons (Fsp3) is 0.500. The Morgan fingerprint density at radius 1 is 1.50 bits per heavy atom. The second-order valence-corrected chi connectivity index (χ2v) is 5.30. The van der Waals surface area contributed by atoms with Gasteiger partial charge in [-0.1, -0.05) is 11.6 Å². The molecule has 3 rings (SSSR count). The summed E-state index contributed by atoms with van der Waals surface area (Å²) in [4.78, 5) is 18.1. The van der Waals surface area contributed by atoms with Crippen molar-refractivity contribution in [1.29, 1.82) is 0 Å². The van der Waals surface area contributed by atoms with Crippen LogP contribution in [0.2, 0.25) is 5.02 Å². The van der Waals surface area contributed by atoms with Crippen LogP contribution in [0, 0.1) is 5.92 Å². The minimum Gasteiger partial charge on any atom is -0.492 e. The highest BCUT2D eigenvalue weighted by Crippen LogP contribution is 2.28. The van der Waals surface area contributed by atoms with Gasteiger partial charge in [-0.3, -0.25) is 4.79 Å². The summed E-state index contributed by atoms with van der Waals surface area (Å²) in [6, 6.07) is 3.19. The average molecular weight is 268 g/mol. The third kappa shape index (κ3) is 2.04.